The normalized spacial score (nSPS) is 13.9. The summed E-state index contributed by atoms with van der Waals surface area (Å²) >= 11 is 3.60. The van der Waals surface area contributed by atoms with Crippen molar-refractivity contribution >= 4 is 33.4 Å². The quantitative estimate of drug-likeness (QED) is 0.114. The third-order valence-corrected chi connectivity index (χ3v) is 7.90. The van der Waals surface area contributed by atoms with Gasteiger partial charge in [-0.05, 0) is 89.6 Å². The van der Waals surface area contributed by atoms with Crippen LogP contribution in [-0.2, 0) is 6.42 Å². The summed E-state index contributed by atoms with van der Waals surface area (Å²) in [4.78, 5) is 17.9. The lowest BCUT2D eigenvalue weighted by Gasteiger charge is -2.24. The SMILES string of the molecule is CCCCCc1ccc(C(=O)Oc2ccc(-c3nc4ccc(Br)cn4c3NC3CCCCC3)cc2OC)cc1. The average Bonchev–Trinajstić information content (AvgIpc) is 3.31. The Kier molecular flexibility index (Phi) is 8.87. The summed E-state index contributed by atoms with van der Waals surface area (Å²) in [7, 11) is 1.59. The first-order valence-electron chi connectivity index (χ1n) is 14.0. The van der Waals surface area contributed by atoms with Crippen molar-refractivity contribution in [3.05, 3.63) is 76.4 Å². The fraction of sp³-hybridized carbons (Fsp3) is 0.375. The van der Waals surface area contributed by atoms with Gasteiger partial charge in [0.15, 0.2) is 11.5 Å². The van der Waals surface area contributed by atoms with E-state index in [1.54, 1.807) is 13.2 Å². The van der Waals surface area contributed by atoms with Crippen molar-refractivity contribution in [1.29, 1.82) is 0 Å². The van der Waals surface area contributed by atoms with Gasteiger partial charge in [-0.15, -0.1) is 0 Å². The third kappa shape index (κ3) is 6.47. The lowest BCUT2D eigenvalue weighted by atomic mass is 9.95. The highest BCUT2D eigenvalue weighted by atomic mass is 79.9. The summed E-state index contributed by atoms with van der Waals surface area (Å²) in [6, 6.07) is 17.7. The lowest BCUT2D eigenvalue weighted by Crippen LogP contribution is -2.23. The smallest absolute Gasteiger partial charge is 0.343 e. The molecule has 1 saturated carbocycles. The fourth-order valence-corrected chi connectivity index (χ4v) is 5.58. The van der Waals surface area contributed by atoms with E-state index < -0.39 is 5.97 Å². The highest BCUT2D eigenvalue weighted by molar-refractivity contribution is 9.10. The minimum absolute atomic E-state index is 0.381. The number of rotatable bonds is 10. The van der Waals surface area contributed by atoms with E-state index in [2.05, 4.69) is 32.6 Å². The number of methoxy groups -OCH3 is 1. The van der Waals surface area contributed by atoms with E-state index in [1.807, 2.05) is 54.7 Å². The number of pyridine rings is 1. The number of anilines is 1. The van der Waals surface area contributed by atoms with Crippen LogP contribution < -0.4 is 14.8 Å². The molecule has 0 bridgehead atoms. The molecule has 39 heavy (non-hydrogen) atoms. The van der Waals surface area contributed by atoms with E-state index in [0.717, 1.165) is 52.9 Å². The van der Waals surface area contributed by atoms with Crippen LogP contribution in [0.4, 0.5) is 5.82 Å². The third-order valence-electron chi connectivity index (χ3n) is 7.43. The van der Waals surface area contributed by atoms with Gasteiger partial charge in [0, 0.05) is 22.3 Å². The number of hydrogen-bond donors (Lipinski definition) is 1. The molecule has 0 atom stereocenters. The molecule has 6 nitrogen and oxygen atoms in total. The Morgan fingerprint density at radius 1 is 1.03 bits per heavy atom. The number of benzene rings is 2. The first kappa shape index (κ1) is 27.3. The second-order valence-electron chi connectivity index (χ2n) is 10.3. The van der Waals surface area contributed by atoms with Crippen LogP contribution in [0.1, 0.15) is 74.2 Å². The van der Waals surface area contributed by atoms with Gasteiger partial charge in [-0.25, -0.2) is 9.78 Å². The molecule has 0 spiro atoms. The Hall–Kier alpha value is -3.32. The Bertz CT molecular complexity index is 1420. The number of aryl methyl sites for hydroxylation is 1. The molecule has 7 heteroatoms. The average molecular weight is 591 g/mol. The zero-order valence-corrected chi connectivity index (χ0v) is 24.3. The Labute approximate surface area is 238 Å². The van der Waals surface area contributed by atoms with Crippen LogP contribution in [-0.4, -0.2) is 28.5 Å². The van der Waals surface area contributed by atoms with E-state index >= 15 is 0 Å². The maximum atomic E-state index is 12.9. The van der Waals surface area contributed by atoms with E-state index in [9.17, 15) is 4.79 Å². The summed E-state index contributed by atoms with van der Waals surface area (Å²) in [5, 5.41) is 3.78. The molecule has 1 fully saturated rings. The maximum absolute atomic E-state index is 12.9. The summed E-state index contributed by atoms with van der Waals surface area (Å²) in [5.41, 5.74) is 4.35. The van der Waals surface area contributed by atoms with Crippen molar-refractivity contribution in [1.82, 2.24) is 9.38 Å². The van der Waals surface area contributed by atoms with Gasteiger partial charge in [-0.2, -0.15) is 0 Å². The minimum Gasteiger partial charge on any atom is -0.493 e. The molecule has 1 aliphatic carbocycles. The number of nitrogens with one attached hydrogen (secondary N) is 1. The molecule has 1 N–H and O–H groups in total. The molecule has 0 radical (unpaired) electrons. The molecule has 2 aromatic heterocycles. The van der Waals surface area contributed by atoms with E-state index in [0.29, 0.717) is 23.1 Å². The largest absolute Gasteiger partial charge is 0.493 e. The van der Waals surface area contributed by atoms with Crippen LogP contribution in [0.25, 0.3) is 16.9 Å². The van der Waals surface area contributed by atoms with Gasteiger partial charge in [0.25, 0.3) is 0 Å². The van der Waals surface area contributed by atoms with Gasteiger partial charge >= 0.3 is 5.97 Å². The van der Waals surface area contributed by atoms with E-state index in [4.69, 9.17) is 14.5 Å². The number of halogens is 1. The van der Waals surface area contributed by atoms with Gasteiger partial charge in [0.05, 0.1) is 12.7 Å². The fourth-order valence-electron chi connectivity index (χ4n) is 5.24. The summed E-state index contributed by atoms with van der Waals surface area (Å²) in [5.74, 6) is 1.42. The standard InChI is InChI=1S/C32H36BrN3O3/c1-3-4-6-9-22-12-14-23(15-13-22)32(37)39-27-18-16-24(20-28(27)38-2)30-31(34-26-10-7-5-8-11-26)36-21-25(33)17-19-29(36)35-30/h12-21,26,34H,3-11H2,1-2H3. The lowest BCUT2D eigenvalue weighted by molar-refractivity contribution is 0.0729. The Balaban J connectivity index is 1.39. The van der Waals surface area contributed by atoms with Crippen molar-refractivity contribution in [2.75, 3.05) is 12.4 Å². The molecular weight excluding hydrogens is 554 g/mol. The van der Waals surface area contributed by atoms with Gasteiger partial charge in [0.1, 0.15) is 17.2 Å². The van der Waals surface area contributed by atoms with Crippen molar-refractivity contribution in [2.45, 2.75) is 70.8 Å². The van der Waals surface area contributed by atoms with E-state index in [1.165, 1.54) is 37.7 Å². The number of carbonyl (C=O) groups is 1. The number of imidazole rings is 1. The summed E-state index contributed by atoms with van der Waals surface area (Å²) < 4.78 is 14.5. The van der Waals surface area contributed by atoms with Gasteiger partial charge < -0.3 is 14.8 Å². The van der Waals surface area contributed by atoms with Crippen molar-refractivity contribution in [3.63, 3.8) is 0 Å². The molecule has 0 saturated heterocycles. The van der Waals surface area contributed by atoms with Crippen LogP contribution >= 0.6 is 15.9 Å². The molecule has 1 aliphatic rings. The Morgan fingerprint density at radius 2 is 1.82 bits per heavy atom. The summed E-state index contributed by atoms with van der Waals surface area (Å²) in [6.07, 6.45) is 12.7. The van der Waals surface area contributed by atoms with Crippen LogP contribution in [0.2, 0.25) is 0 Å². The second kappa shape index (κ2) is 12.7. The predicted octanol–water partition coefficient (Wildman–Crippen LogP) is 8.47. The topological polar surface area (TPSA) is 64.9 Å². The highest BCUT2D eigenvalue weighted by Crippen LogP contribution is 2.37. The number of carbonyl (C=O) groups excluding carboxylic acids is 1. The molecule has 2 aromatic carbocycles. The van der Waals surface area contributed by atoms with Gasteiger partial charge in [0.2, 0.25) is 0 Å². The maximum Gasteiger partial charge on any atom is 0.343 e. The molecule has 0 amide bonds. The second-order valence-corrected chi connectivity index (χ2v) is 11.2. The Morgan fingerprint density at radius 3 is 2.56 bits per heavy atom. The molecule has 4 aromatic rings. The van der Waals surface area contributed by atoms with Crippen molar-refractivity contribution in [3.8, 4) is 22.8 Å². The molecule has 0 unspecified atom stereocenters. The molecule has 204 valence electrons. The highest BCUT2D eigenvalue weighted by Gasteiger charge is 2.21. The minimum atomic E-state index is -0.404. The zero-order valence-electron chi connectivity index (χ0n) is 22.7. The summed E-state index contributed by atoms with van der Waals surface area (Å²) in [6.45, 7) is 2.20. The first-order valence-corrected chi connectivity index (χ1v) is 14.8. The number of nitrogens with zero attached hydrogens (tertiary/aromatic N) is 2. The zero-order chi connectivity index (χ0) is 27.2. The predicted molar refractivity (Wildman–Crippen MR) is 160 cm³/mol. The van der Waals surface area contributed by atoms with Crippen molar-refractivity contribution in [2.24, 2.45) is 0 Å². The van der Waals surface area contributed by atoms with Crippen LogP contribution in [0.5, 0.6) is 11.5 Å². The molecule has 5 rings (SSSR count). The van der Waals surface area contributed by atoms with Gasteiger partial charge in [-0.3, -0.25) is 4.40 Å². The first-order chi connectivity index (χ1) is 19.1. The van der Waals surface area contributed by atoms with Crippen LogP contribution in [0.15, 0.2) is 65.3 Å². The number of unbranched alkanes of at least 4 members (excludes halogenated alkanes) is 2. The number of hydrogen-bond acceptors (Lipinski definition) is 5. The number of aromatic nitrogens is 2. The number of fused-ring (bicyclic) bond motifs is 1. The molecular formula is C32H36BrN3O3. The van der Waals surface area contributed by atoms with E-state index in [-0.39, 0.29) is 0 Å². The molecule has 0 aliphatic heterocycles. The van der Waals surface area contributed by atoms with Crippen molar-refractivity contribution < 1.29 is 14.3 Å². The van der Waals surface area contributed by atoms with Crippen LogP contribution in [0.3, 0.4) is 0 Å². The molecule has 2 heterocycles. The number of esters is 1. The van der Waals surface area contributed by atoms with Crippen LogP contribution in [0, 0.1) is 0 Å². The number of ether oxygens (including phenoxy) is 2. The monoisotopic (exact) mass is 589 g/mol. The van der Waals surface area contributed by atoms with Gasteiger partial charge in [-0.1, -0.05) is 51.2 Å².